The van der Waals surface area contributed by atoms with Crippen molar-refractivity contribution < 1.29 is 48.4 Å². The predicted molar refractivity (Wildman–Crippen MR) is 174 cm³/mol. The smallest absolute Gasteiger partial charge is 0.326 e. The number of aliphatic carboxylic acids is 2. The van der Waals surface area contributed by atoms with Crippen LogP contribution in [0.15, 0.2) is 0 Å². The van der Waals surface area contributed by atoms with Gasteiger partial charge in [-0.15, -0.1) is 0 Å². The molecule has 0 saturated heterocycles. The van der Waals surface area contributed by atoms with Gasteiger partial charge in [-0.05, 0) is 26.2 Å². The Balaban J connectivity index is 3.67. The van der Waals surface area contributed by atoms with E-state index in [1.807, 2.05) is 6.92 Å². The van der Waals surface area contributed by atoms with E-state index in [4.69, 9.17) is 19.3 Å². The zero-order valence-electron chi connectivity index (χ0n) is 28.1. The minimum absolute atomic E-state index is 0.00102. The van der Waals surface area contributed by atoms with E-state index in [2.05, 4.69) is 16.0 Å². The number of amides is 3. The average Bonchev–Trinajstić information content (AvgIpc) is 3.02. The lowest BCUT2D eigenvalue weighted by atomic mass is 10.0. The molecular formula is C33H61N3O10. The minimum Gasteiger partial charge on any atom is -0.481 e. The number of ether oxygens (including phenoxy) is 3. The van der Waals surface area contributed by atoms with E-state index < -0.39 is 18.0 Å². The standard InChI is InChI=1S/C33H61N3O10/c1-2-44-23-21-35-31(39)27-46-26-25-45-24-22-34-29(37)20-19-28(33(42)43)36-30(38)17-15-13-11-9-7-5-3-4-6-8-10-12-14-16-18-32(40)41/h28H,2-27H2,1H3,(H,34,37)(H,35,39)(H,36,38)(H,40,41)(H,42,43)/t28-/m0/s1. The fraction of sp³-hybridized carbons (Fsp3) is 0.848. The van der Waals surface area contributed by atoms with Crippen molar-refractivity contribution in [2.45, 2.75) is 129 Å². The molecule has 0 heterocycles. The first-order valence-corrected chi connectivity index (χ1v) is 17.3. The SMILES string of the molecule is CCOCCNC(=O)COCCOCCNC(=O)CC[C@H](NC(=O)CCCCCCCCCCCCCCCCC(=O)O)C(=O)O. The number of hydrogen-bond donors (Lipinski definition) is 5. The lowest BCUT2D eigenvalue weighted by Crippen LogP contribution is -2.41. The molecule has 13 heteroatoms. The number of nitrogens with one attached hydrogen (secondary N) is 3. The molecule has 0 aliphatic heterocycles. The largest absolute Gasteiger partial charge is 0.481 e. The maximum atomic E-state index is 12.2. The molecule has 268 valence electrons. The van der Waals surface area contributed by atoms with Gasteiger partial charge in [-0.2, -0.15) is 0 Å². The second-order valence-corrected chi connectivity index (χ2v) is 11.4. The Morgan fingerprint density at radius 3 is 1.54 bits per heavy atom. The molecule has 3 amide bonds. The molecule has 0 aromatic rings. The summed E-state index contributed by atoms with van der Waals surface area (Å²) >= 11 is 0. The van der Waals surface area contributed by atoms with Crippen molar-refractivity contribution >= 4 is 29.7 Å². The van der Waals surface area contributed by atoms with E-state index in [0.717, 1.165) is 38.5 Å². The number of carbonyl (C=O) groups excluding carboxylic acids is 3. The van der Waals surface area contributed by atoms with Crippen LogP contribution in [0.5, 0.6) is 0 Å². The lowest BCUT2D eigenvalue weighted by molar-refractivity contribution is -0.142. The fourth-order valence-corrected chi connectivity index (χ4v) is 4.68. The van der Waals surface area contributed by atoms with Crippen LogP contribution in [0.1, 0.15) is 122 Å². The molecule has 0 aromatic carbocycles. The van der Waals surface area contributed by atoms with Crippen molar-refractivity contribution in [1.82, 2.24) is 16.0 Å². The van der Waals surface area contributed by atoms with Crippen LogP contribution in [-0.4, -0.2) is 98.6 Å². The predicted octanol–water partition coefficient (Wildman–Crippen LogP) is 3.96. The number of rotatable bonds is 34. The Hall–Kier alpha value is -2.77. The molecule has 1 atom stereocenters. The number of unbranched alkanes of at least 4 members (excludes halogenated alkanes) is 13. The zero-order chi connectivity index (χ0) is 34.1. The van der Waals surface area contributed by atoms with Gasteiger partial charge in [-0.1, -0.05) is 77.0 Å². The highest BCUT2D eigenvalue weighted by molar-refractivity contribution is 5.84. The minimum atomic E-state index is -1.16. The molecule has 0 aliphatic carbocycles. The Kier molecular flexibility index (Phi) is 30.2. The second-order valence-electron chi connectivity index (χ2n) is 11.4. The average molecular weight is 660 g/mol. The highest BCUT2D eigenvalue weighted by Gasteiger charge is 2.20. The molecule has 5 N–H and O–H groups in total. The van der Waals surface area contributed by atoms with Crippen LogP contribution in [0.25, 0.3) is 0 Å². The first kappa shape index (κ1) is 43.2. The fourth-order valence-electron chi connectivity index (χ4n) is 4.68. The molecule has 0 spiro atoms. The van der Waals surface area contributed by atoms with Gasteiger partial charge in [-0.25, -0.2) is 4.79 Å². The Bertz CT molecular complexity index is 813. The zero-order valence-corrected chi connectivity index (χ0v) is 28.1. The molecule has 0 saturated carbocycles. The Labute approximate surface area is 275 Å². The van der Waals surface area contributed by atoms with Gasteiger partial charge in [0.05, 0.1) is 26.4 Å². The number of carbonyl (C=O) groups is 5. The molecule has 46 heavy (non-hydrogen) atoms. The van der Waals surface area contributed by atoms with Gasteiger partial charge >= 0.3 is 11.9 Å². The van der Waals surface area contributed by atoms with E-state index in [1.54, 1.807) is 0 Å². The summed E-state index contributed by atoms with van der Waals surface area (Å²) in [5.41, 5.74) is 0. The first-order valence-electron chi connectivity index (χ1n) is 17.3. The summed E-state index contributed by atoms with van der Waals surface area (Å²) in [5.74, 6) is -2.74. The van der Waals surface area contributed by atoms with Gasteiger partial charge in [0.25, 0.3) is 0 Å². The van der Waals surface area contributed by atoms with Gasteiger partial charge in [0, 0.05) is 39.0 Å². The maximum Gasteiger partial charge on any atom is 0.326 e. The molecule has 0 radical (unpaired) electrons. The van der Waals surface area contributed by atoms with Crippen LogP contribution in [0.2, 0.25) is 0 Å². The maximum absolute atomic E-state index is 12.2. The van der Waals surface area contributed by atoms with Crippen LogP contribution >= 0.6 is 0 Å². The molecule has 0 aliphatic rings. The van der Waals surface area contributed by atoms with Crippen molar-refractivity contribution in [3.8, 4) is 0 Å². The highest BCUT2D eigenvalue weighted by atomic mass is 16.5. The van der Waals surface area contributed by atoms with Crippen LogP contribution in [0, 0.1) is 0 Å². The van der Waals surface area contributed by atoms with Crippen molar-refractivity contribution in [2.75, 3.05) is 52.7 Å². The summed E-state index contributed by atoms with van der Waals surface area (Å²) in [7, 11) is 0. The summed E-state index contributed by atoms with van der Waals surface area (Å²) < 4.78 is 15.7. The van der Waals surface area contributed by atoms with Crippen LogP contribution in [-0.2, 0) is 38.2 Å². The highest BCUT2D eigenvalue weighted by Crippen LogP contribution is 2.14. The molecule has 0 fully saturated rings. The van der Waals surface area contributed by atoms with Gasteiger partial charge in [-0.3, -0.25) is 19.2 Å². The quantitative estimate of drug-likeness (QED) is 0.0632. The first-order chi connectivity index (χ1) is 22.3. The third-order valence-corrected chi connectivity index (χ3v) is 7.28. The Morgan fingerprint density at radius 1 is 0.543 bits per heavy atom. The van der Waals surface area contributed by atoms with Gasteiger partial charge in [0.1, 0.15) is 12.6 Å². The molecule has 0 unspecified atom stereocenters. The van der Waals surface area contributed by atoms with Gasteiger partial charge < -0.3 is 40.4 Å². The monoisotopic (exact) mass is 659 g/mol. The summed E-state index contributed by atoms with van der Waals surface area (Å²) in [4.78, 5) is 57.9. The molecule has 13 nitrogen and oxygen atoms in total. The van der Waals surface area contributed by atoms with E-state index >= 15 is 0 Å². The van der Waals surface area contributed by atoms with Crippen molar-refractivity contribution in [3.05, 3.63) is 0 Å². The second kappa shape index (κ2) is 32.2. The third-order valence-electron chi connectivity index (χ3n) is 7.28. The van der Waals surface area contributed by atoms with Crippen LogP contribution in [0.4, 0.5) is 0 Å². The molecule has 0 bridgehead atoms. The normalized spacial score (nSPS) is 11.6. The van der Waals surface area contributed by atoms with Gasteiger partial charge in [0.15, 0.2) is 0 Å². The summed E-state index contributed by atoms with van der Waals surface area (Å²) in [5, 5.41) is 25.9. The molecular weight excluding hydrogens is 598 g/mol. The van der Waals surface area contributed by atoms with Crippen molar-refractivity contribution in [2.24, 2.45) is 0 Å². The van der Waals surface area contributed by atoms with E-state index in [0.29, 0.717) is 26.2 Å². The van der Waals surface area contributed by atoms with E-state index in [1.165, 1.54) is 44.9 Å². The molecule has 0 aromatic heterocycles. The summed E-state index contributed by atoms with van der Waals surface area (Å²) in [6, 6.07) is -1.11. The van der Waals surface area contributed by atoms with Crippen molar-refractivity contribution in [1.29, 1.82) is 0 Å². The Morgan fingerprint density at radius 2 is 1.02 bits per heavy atom. The van der Waals surface area contributed by atoms with Crippen LogP contribution < -0.4 is 16.0 Å². The van der Waals surface area contributed by atoms with E-state index in [9.17, 15) is 29.1 Å². The van der Waals surface area contributed by atoms with Crippen LogP contribution in [0.3, 0.4) is 0 Å². The summed E-state index contributed by atoms with van der Waals surface area (Å²) in [6.45, 7) is 4.27. The third kappa shape index (κ3) is 31.2. The van der Waals surface area contributed by atoms with Crippen molar-refractivity contribution in [3.63, 3.8) is 0 Å². The number of carboxylic acid groups (broad SMARTS) is 2. The lowest BCUT2D eigenvalue weighted by Gasteiger charge is -2.14. The summed E-state index contributed by atoms with van der Waals surface area (Å²) in [6.07, 6.45) is 15.8. The van der Waals surface area contributed by atoms with E-state index in [-0.39, 0.29) is 76.4 Å². The van der Waals surface area contributed by atoms with Gasteiger partial charge in [0.2, 0.25) is 17.7 Å². The topological polar surface area (TPSA) is 190 Å². The number of hydrogen-bond acceptors (Lipinski definition) is 8. The molecule has 0 rings (SSSR count). The number of carboxylic acids is 2.